The smallest absolute Gasteiger partial charge is 0.310 e. The standard InChI is InChI=1S/C30H35N3O4S/c1-3-31-29(35)26-13-14-27(38-26)30(36)32(2)19-20-33-17-15-24(16-18-33)37-28(34)21-23-11-7-8-12-25(23)22-9-5-4-6-10-22/h4-14,24H,3,15-21H2,1-2H3,(H,31,35). The molecule has 0 spiro atoms. The molecule has 1 saturated heterocycles. The minimum atomic E-state index is -0.194. The highest BCUT2D eigenvalue weighted by molar-refractivity contribution is 7.15. The van der Waals surface area contributed by atoms with Crippen molar-refractivity contribution in [2.45, 2.75) is 32.3 Å². The van der Waals surface area contributed by atoms with Gasteiger partial charge in [0, 0.05) is 39.8 Å². The van der Waals surface area contributed by atoms with Crippen molar-refractivity contribution in [1.29, 1.82) is 0 Å². The van der Waals surface area contributed by atoms with E-state index in [1.165, 1.54) is 11.3 Å². The Morgan fingerprint density at radius 1 is 0.974 bits per heavy atom. The molecular formula is C30H35N3O4S. The van der Waals surface area contributed by atoms with Crippen molar-refractivity contribution in [3.05, 3.63) is 82.0 Å². The highest BCUT2D eigenvalue weighted by Gasteiger charge is 2.24. The van der Waals surface area contributed by atoms with E-state index in [0.717, 1.165) is 49.2 Å². The summed E-state index contributed by atoms with van der Waals surface area (Å²) in [5.41, 5.74) is 3.12. The van der Waals surface area contributed by atoms with E-state index in [0.29, 0.717) is 22.8 Å². The normalized spacial score (nSPS) is 14.2. The molecule has 0 aliphatic carbocycles. The number of likely N-dealkylation sites (N-methyl/N-ethyl adjacent to an activating group) is 1. The fourth-order valence-electron chi connectivity index (χ4n) is 4.61. The van der Waals surface area contributed by atoms with Gasteiger partial charge >= 0.3 is 5.97 Å². The lowest BCUT2D eigenvalue weighted by Crippen LogP contribution is -2.42. The SMILES string of the molecule is CCNC(=O)c1ccc(C(=O)N(C)CCN2CCC(OC(=O)Cc3ccccc3-c3ccccc3)CC2)s1. The van der Waals surface area contributed by atoms with Crippen molar-refractivity contribution in [3.63, 3.8) is 0 Å². The summed E-state index contributed by atoms with van der Waals surface area (Å²) in [4.78, 5) is 42.6. The molecule has 1 N–H and O–H groups in total. The zero-order chi connectivity index (χ0) is 26.9. The molecule has 1 fully saturated rings. The van der Waals surface area contributed by atoms with Gasteiger partial charge in [0.1, 0.15) is 6.10 Å². The average molecular weight is 534 g/mol. The van der Waals surface area contributed by atoms with E-state index in [4.69, 9.17) is 4.74 Å². The van der Waals surface area contributed by atoms with Crippen LogP contribution in [0.3, 0.4) is 0 Å². The molecule has 0 atom stereocenters. The molecule has 1 aromatic heterocycles. The number of rotatable bonds is 10. The van der Waals surface area contributed by atoms with Crippen LogP contribution in [0.15, 0.2) is 66.7 Å². The van der Waals surface area contributed by atoms with E-state index in [1.807, 2.05) is 49.4 Å². The number of likely N-dealkylation sites (tertiary alicyclic amines) is 1. The molecule has 38 heavy (non-hydrogen) atoms. The molecule has 200 valence electrons. The molecule has 1 aliphatic rings. The highest BCUT2D eigenvalue weighted by atomic mass is 32.1. The molecule has 0 radical (unpaired) electrons. The predicted molar refractivity (Wildman–Crippen MR) is 150 cm³/mol. The van der Waals surface area contributed by atoms with Crippen molar-refractivity contribution in [3.8, 4) is 11.1 Å². The number of thiophene rings is 1. The van der Waals surface area contributed by atoms with Gasteiger partial charge in [0.25, 0.3) is 11.8 Å². The van der Waals surface area contributed by atoms with E-state index < -0.39 is 0 Å². The topological polar surface area (TPSA) is 79.0 Å². The fraction of sp³-hybridized carbons (Fsp3) is 0.367. The van der Waals surface area contributed by atoms with E-state index in [-0.39, 0.29) is 30.3 Å². The Balaban J connectivity index is 1.20. The number of nitrogens with zero attached hydrogens (tertiary/aromatic N) is 2. The lowest BCUT2D eigenvalue weighted by molar-refractivity contribution is -0.150. The highest BCUT2D eigenvalue weighted by Crippen LogP contribution is 2.25. The number of esters is 1. The third-order valence-corrected chi connectivity index (χ3v) is 7.82. The number of hydrogen-bond acceptors (Lipinski definition) is 6. The summed E-state index contributed by atoms with van der Waals surface area (Å²) in [5, 5.41) is 2.76. The third kappa shape index (κ3) is 7.30. The maximum atomic E-state index is 12.8. The van der Waals surface area contributed by atoms with Crippen molar-refractivity contribution in [2.75, 3.05) is 39.8 Å². The number of piperidine rings is 1. The Morgan fingerprint density at radius 2 is 1.66 bits per heavy atom. The van der Waals surface area contributed by atoms with Gasteiger partial charge < -0.3 is 19.9 Å². The van der Waals surface area contributed by atoms with Crippen molar-refractivity contribution in [1.82, 2.24) is 15.1 Å². The Labute approximate surface area is 228 Å². The summed E-state index contributed by atoms with van der Waals surface area (Å²) in [6.07, 6.45) is 1.73. The molecule has 0 unspecified atom stereocenters. The predicted octanol–water partition coefficient (Wildman–Crippen LogP) is 4.49. The van der Waals surface area contributed by atoms with Gasteiger partial charge in [-0.3, -0.25) is 14.4 Å². The number of benzene rings is 2. The van der Waals surface area contributed by atoms with Gasteiger partial charge in [0.2, 0.25) is 0 Å². The minimum Gasteiger partial charge on any atom is -0.462 e. The van der Waals surface area contributed by atoms with Gasteiger partial charge in [-0.1, -0.05) is 54.6 Å². The van der Waals surface area contributed by atoms with Crippen LogP contribution in [0.4, 0.5) is 0 Å². The molecule has 1 aliphatic heterocycles. The number of ether oxygens (including phenoxy) is 1. The Hall–Kier alpha value is -3.49. The van der Waals surface area contributed by atoms with Crippen LogP contribution in [0.5, 0.6) is 0 Å². The second-order valence-electron chi connectivity index (χ2n) is 9.48. The maximum absolute atomic E-state index is 12.8. The van der Waals surface area contributed by atoms with Crippen LogP contribution < -0.4 is 5.32 Å². The molecule has 0 saturated carbocycles. The second kappa shape index (κ2) is 13.3. The summed E-state index contributed by atoms with van der Waals surface area (Å²) in [6.45, 7) is 5.40. The molecule has 2 amide bonds. The minimum absolute atomic E-state index is 0.0786. The summed E-state index contributed by atoms with van der Waals surface area (Å²) >= 11 is 1.22. The molecule has 7 nitrogen and oxygen atoms in total. The molecule has 8 heteroatoms. The van der Waals surface area contributed by atoms with Crippen LogP contribution in [0.2, 0.25) is 0 Å². The zero-order valence-electron chi connectivity index (χ0n) is 22.0. The number of amides is 2. The molecule has 2 aromatic carbocycles. The quantitative estimate of drug-likeness (QED) is 0.389. The first-order valence-corrected chi connectivity index (χ1v) is 13.9. The first-order valence-electron chi connectivity index (χ1n) is 13.1. The lowest BCUT2D eigenvalue weighted by Gasteiger charge is -2.32. The zero-order valence-corrected chi connectivity index (χ0v) is 22.8. The Bertz CT molecular complexity index is 1240. The Morgan fingerprint density at radius 3 is 2.39 bits per heavy atom. The van der Waals surface area contributed by atoms with E-state index in [9.17, 15) is 14.4 Å². The van der Waals surface area contributed by atoms with Crippen LogP contribution >= 0.6 is 11.3 Å². The summed E-state index contributed by atoms with van der Waals surface area (Å²) in [6, 6.07) is 21.5. The average Bonchev–Trinajstić information content (AvgIpc) is 3.44. The van der Waals surface area contributed by atoms with Gasteiger partial charge in [-0.05, 0) is 48.6 Å². The maximum Gasteiger partial charge on any atom is 0.310 e. The van der Waals surface area contributed by atoms with Crippen LogP contribution in [0.1, 0.15) is 44.7 Å². The van der Waals surface area contributed by atoms with Gasteiger partial charge in [-0.25, -0.2) is 0 Å². The van der Waals surface area contributed by atoms with Gasteiger partial charge in [0.05, 0.1) is 16.2 Å². The molecule has 3 aromatic rings. The summed E-state index contributed by atoms with van der Waals surface area (Å²) in [7, 11) is 1.79. The van der Waals surface area contributed by atoms with Crippen LogP contribution in [0.25, 0.3) is 11.1 Å². The van der Waals surface area contributed by atoms with Crippen molar-refractivity contribution >= 4 is 29.1 Å². The molecule has 2 heterocycles. The summed E-state index contributed by atoms with van der Waals surface area (Å²) < 4.78 is 5.83. The van der Waals surface area contributed by atoms with Crippen molar-refractivity contribution < 1.29 is 19.1 Å². The largest absolute Gasteiger partial charge is 0.462 e. The van der Waals surface area contributed by atoms with E-state index in [1.54, 1.807) is 24.1 Å². The van der Waals surface area contributed by atoms with Gasteiger partial charge in [-0.2, -0.15) is 0 Å². The van der Waals surface area contributed by atoms with Crippen LogP contribution in [-0.2, 0) is 16.0 Å². The Kier molecular flexibility index (Phi) is 9.67. The molecule has 0 bridgehead atoms. The number of hydrogen-bond donors (Lipinski definition) is 1. The van der Waals surface area contributed by atoms with Crippen LogP contribution in [-0.4, -0.2) is 73.5 Å². The summed E-state index contributed by atoms with van der Waals surface area (Å²) in [5.74, 6) is -0.423. The number of nitrogens with one attached hydrogen (secondary N) is 1. The fourth-order valence-corrected chi connectivity index (χ4v) is 5.53. The van der Waals surface area contributed by atoms with Gasteiger partial charge in [-0.15, -0.1) is 11.3 Å². The van der Waals surface area contributed by atoms with E-state index in [2.05, 4.69) is 22.3 Å². The molecular weight excluding hydrogens is 498 g/mol. The number of carbonyl (C=O) groups excluding carboxylic acids is 3. The number of carbonyl (C=O) groups is 3. The first-order chi connectivity index (χ1) is 18.4. The second-order valence-corrected chi connectivity index (χ2v) is 10.6. The third-order valence-electron chi connectivity index (χ3n) is 6.75. The first kappa shape index (κ1) is 27.5. The van der Waals surface area contributed by atoms with Gasteiger partial charge in [0.15, 0.2) is 0 Å². The van der Waals surface area contributed by atoms with Crippen LogP contribution in [0, 0.1) is 0 Å². The monoisotopic (exact) mass is 533 g/mol. The molecule has 4 rings (SSSR count). The van der Waals surface area contributed by atoms with E-state index >= 15 is 0 Å². The lowest BCUT2D eigenvalue weighted by atomic mass is 9.98. The van der Waals surface area contributed by atoms with Crippen molar-refractivity contribution in [2.24, 2.45) is 0 Å².